The first kappa shape index (κ1) is 9.72. The number of nitrogens with one attached hydrogen (secondary N) is 1. The maximum absolute atomic E-state index is 11.3. The molecule has 1 N–H and O–H groups in total. The highest BCUT2D eigenvalue weighted by Gasteiger charge is 2.19. The molecule has 12 heavy (non-hydrogen) atoms. The Labute approximate surface area is 74.7 Å². The van der Waals surface area contributed by atoms with Gasteiger partial charge in [0.1, 0.15) is 5.78 Å². The Balaban J connectivity index is 1.95. The highest BCUT2D eigenvalue weighted by Crippen LogP contribution is 2.29. The van der Waals surface area contributed by atoms with Crippen LogP contribution in [0.25, 0.3) is 0 Å². The zero-order valence-electron chi connectivity index (χ0n) is 7.94. The summed E-state index contributed by atoms with van der Waals surface area (Å²) >= 11 is 0. The van der Waals surface area contributed by atoms with Crippen LogP contribution < -0.4 is 5.32 Å². The quantitative estimate of drug-likeness (QED) is 0.614. The highest BCUT2D eigenvalue weighted by molar-refractivity contribution is 5.80. The number of Topliss-reactive ketones (excluding diaryl/α,β-unsaturated/α-hetero) is 1. The Morgan fingerprint density at radius 2 is 2.25 bits per heavy atom. The molecule has 0 atom stereocenters. The molecule has 0 bridgehead atoms. The molecule has 0 heterocycles. The van der Waals surface area contributed by atoms with E-state index >= 15 is 0 Å². The van der Waals surface area contributed by atoms with Crippen molar-refractivity contribution in [3.8, 4) is 0 Å². The number of hydrogen-bond donors (Lipinski definition) is 1. The van der Waals surface area contributed by atoms with Gasteiger partial charge in [0.05, 0.1) is 6.54 Å². The van der Waals surface area contributed by atoms with Gasteiger partial charge in [-0.1, -0.05) is 26.2 Å². The van der Waals surface area contributed by atoms with Crippen molar-refractivity contribution < 1.29 is 4.79 Å². The molecule has 0 spiro atoms. The van der Waals surface area contributed by atoms with Gasteiger partial charge in [0.15, 0.2) is 0 Å². The lowest BCUT2D eigenvalue weighted by molar-refractivity contribution is -0.119. The maximum Gasteiger partial charge on any atom is 0.146 e. The lowest BCUT2D eigenvalue weighted by atomic mass is 9.82. The Kier molecular flexibility index (Phi) is 4.30. The van der Waals surface area contributed by atoms with E-state index < -0.39 is 0 Å². The zero-order valence-corrected chi connectivity index (χ0v) is 7.94. The third-order valence-electron chi connectivity index (χ3n) is 2.49. The summed E-state index contributed by atoms with van der Waals surface area (Å²) in [5, 5.41) is 3.14. The van der Waals surface area contributed by atoms with Gasteiger partial charge in [-0.3, -0.25) is 4.79 Å². The Bertz CT molecular complexity index is 141. The van der Waals surface area contributed by atoms with Crippen molar-refractivity contribution in [2.45, 2.75) is 39.0 Å². The van der Waals surface area contributed by atoms with Gasteiger partial charge in [0, 0.05) is 6.42 Å². The summed E-state index contributed by atoms with van der Waals surface area (Å²) in [5.74, 6) is 1.12. The summed E-state index contributed by atoms with van der Waals surface area (Å²) in [5.41, 5.74) is 0. The number of carbonyl (C=O) groups is 1. The largest absolute Gasteiger partial charge is 0.310 e. The van der Waals surface area contributed by atoms with Gasteiger partial charge in [0.25, 0.3) is 0 Å². The van der Waals surface area contributed by atoms with E-state index in [9.17, 15) is 4.79 Å². The molecular formula is C10H19NO. The number of ketones is 1. The molecule has 2 heteroatoms. The summed E-state index contributed by atoms with van der Waals surface area (Å²) in [6.07, 6.45) is 5.81. The molecule has 0 amide bonds. The normalized spacial score (nSPS) is 17.4. The van der Waals surface area contributed by atoms with Crippen LogP contribution in [0.2, 0.25) is 0 Å². The van der Waals surface area contributed by atoms with Gasteiger partial charge in [-0.15, -0.1) is 0 Å². The fourth-order valence-electron chi connectivity index (χ4n) is 1.50. The topological polar surface area (TPSA) is 29.1 Å². The lowest BCUT2D eigenvalue weighted by Crippen LogP contribution is -2.26. The first-order valence-electron chi connectivity index (χ1n) is 5.05. The molecule has 2 nitrogen and oxygen atoms in total. The molecule has 0 unspecified atom stereocenters. The highest BCUT2D eigenvalue weighted by atomic mass is 16.1. The van der Waals surface area contributed by atoms with Gasteiger partial charge < -0.3 is 5.32 Å². The van der Waals surface area contributed by atoms with Gasteiger partial charge >= 0.3 is 0 Å². The fourth-order valence-corrected chi connectivity index (χ4v) is 1.50. The predicted octanol–water partition coefficient (Wildman–Crippen LogP) is 1.75. The van der Waals surface area contributed by atoms with E-state index in [1.165, 1.54) is 19.3 Å². The van der Waals surface area contributed by atoms with Gasteiger partial charge in [-0.2, -0.15) is 0 Å². The minimum Gasteiger partial charge on any atom is -0.310 e. The van der Waals surface area contributed by atoms with Crippen LogP contribution in [0.4, 0.5) is 0 Å². The van der Waals surface area contributed by atoms with Crippen molar-refractivity contribution in [1.82, 2.24) is 5.32 Å². The minimum absolute atomic E-state index is 0.396. The van der Waals surface area contributed by atoms with Crippen LogP contribution in [-0.2, 0) is 4.79 Å². The molecule has 1 aliphatic rings. The van der Waals surface area contributed by atoms with Crippen molar-refractivity contribution in [2.24, 2.45) is 5.92 Å². The van der Waals surface area contributed by atoms with Crippen LogP contribution in [0, 0.1) is 5.92 Å². The van der Waals surface area contributed by atoms with Crippen molar-refractivity contribution in [3.05, 3.63) is 0 Å². The van der Waals surface area contributed by atoms with E-state index in [0.717, 1.165) is 25.3 Å². The number of rotatable bonds is 6. The predicted molar refractivity (Wildman–Crippen MR) is 50.1 cm³/mol. The maximum atomic E-state index is 11.3. The smallest absolute Gasteiger partial charge is 0.146 e. The van der Waals surface area contributed by atoms with Crippen LogP contribution in [0.3, 0.4) is 0 Å². The molecule has 0 saturated heterocycles. The summed E-state index contributed by atoms with van der Waals surface area (Å²) in [7, 11) is 0. The van der Waals surface area contributed by atoms with E-state index in [1.54, 1.807) is 0 Å². The fraction of sp³-hybridized carbons (Fsp3) is 0.900. The standard InChI is InChI=1S/C10H19NO/c1-2-6-11-8-10(12)7-9-4-3-5-9/h9,11H,2-8H2,1H3. The van der Waals surface area contributed by atoms with Crippen molar-refractivity contribution >= 4 is 5.78 Å². The molecule has 1 saturated carbocycles. The molecule has 0 aliphatic heterocycles. The second kappa shape index (κ2) is 5.31. The first-order chi connectivity index (χ1) is 5.83. The number of hydrogen-bond acceptors (Lipinski definition) is 2. The molecule has 0 aromatic heterocycles. The molecule has 1 rings (SSSR count). The first-order valence-corrected chi connectivity index (χ1v) is 5.05. The molecule has 1 fully saturated rings. The van der Waals surface area contributed by atoms with Crippen LogP contribution in [0.1, 0.15) is 39.0 Å². The van der Waals surface area contributed by atoms with Crippen molar-refractivity contribution in [3.63, 3.8) is 0 Å². The lowest BCUT2D eigenvalue weighted by Gasteiger charge is -2.24. The minimum atomic E-state index is 0.396. The summed E-state index contributed by atoms with van der Waals surface area (Å²) in [6.45, 7) is 3.67. The van der Waals surface area contributed by atoms with Crippen LogP contribution in [-0.4, -0.2) is 18.9 Å². The Hall–Kier alpha value is -0.370. The van der Waals surface area contributed by atoms with Gasteiger partial charge in [-0.05, 0) is 18.9 Å². The summed E-state index contributed by atoms with van der Waals surface area (Å²) in [6, 6.07) is 0. The summed E-state index contributed by atoms with van der Waals surface area (Å²) in [4.78, 5) is 11.3. The van der Waals surface area contributed by atoms with E-state index in [2.05, 4.69) is 12.2 Å². The molecule has 70 valence electrons. The monoisotopic (exact) mass is 169 g/mol. The zero-order chi connectivity index (χ0) is 8.81. The SMILES string of the molecule is CCCNCC(=O)CC1CCC1. The molecular weight excluding hydrogens is 150 g/mol. The van der Waals surface area contributed by atoms with Crippen molar-refractivity contribution in [1.29, 1.82) is 0 Å². The molecule has 0 aromatic rings. The second-order valence-electron chi connectivity index (χ2n) is 3.72. The average Bonchev–Trinajstić information content (AvgIpc) is 1.98. The molecule has 0 radical (unpaired) electrons. The third kappa shape index (κ3) is 3.35. The van der Waals surface area contributed by atoms with Crippen LogP contribution in [0.15, 0.2) is 0 Å². The summed E-state index contributed by atoms with van der Waals surface area (Å²) < 4.78 is 0. The third-order valence-corrected chi connectivity index (χ3v) is 2.49. The van der Waals surface area contributed by atoms with Gasteiger partial charge in [-0.25, -0.2) is 0 Å². The Morgan fingerprint density at radius 3 is 2.75 bits per heavy atom. The average molecular weight is 169 g/mol. The van der Waals surface area contributed by atoms with E-state index in [1.807, 2.05) is 0 Å². The number of carbonyl (C=O) groups excluding carboxylic acids is 1. The van der Waals surface area contributed by atoms with E-state index in [4.69, 9.17) is 0 Å². The van der Waals surface area contributed by atoms with Crippen molar-refractivity contribution in [2.75, 3.05) is 13.1 Å². The van der Waals surface area contributed by atoms with Gasteiger partial charge in [0.2, 0.25) is 0 Å². The molecule has 0 aromatic carbocycles. The second-order valence-corrected chi connectivity index (χ2v) is 3.72. The molecule has 1 aliphatic carbocycles. The van der Waals surface area contributed by atoms with E-state index in [-0.39, 0.29) is 0 Å². The van der Waals surface area contributed by atoms with E-state index in [0.29, 0.717) is 12.3 Å². The van der Waals surface area contributed by atoms with Crippen LogP contribution in [0.5, 0.6) is 0 Å². The Morgan fingerprint density at radius 1 is 1.50 bits per heavy atom. The van der Waals surface area contributed by atoms with Crippen LogP contribution >= 0.6 is 0 Å².